The minimum Gasteiger partial charge on any atom is -0.406 e. The molecule has 0 radical (unpaired) electrons. The minimum absolute atomic E-state index is 0.173. The van der Waals surface area contributed by atoms with E-state index < -0.39 is 14.6 Å². The van der Waals surface area contributed by atoms with Gasteiger partial charge in [0, 0.05) is 0 Å². The third-order valence-electron chi connectivity index (χ3n) is 4.01. The Morgan fingerprint density at radius 1 is 1.12 bits per heavy atom. The van der Waals surface area contributed by atoms with Crippen molar-refractivity contribution in [3.8, 4) is 0 Å². The Morgan fingerprint density at radius 2 is 1.71 bits per heavy atom. The standard InChI is InChI=1S/C20H34O3Si/c1-16(13-19(2,3)4)18(20(5,15-21)23-24(6)7)22-14-17-11-9-8-10-12-17/h8-12,15-16,18,24H,13-14H2,1-7H3/t16-,18+,20-/m0/s1. The number of aldehydes is 1. The Bertz CT molecular complexity index is 495. The summed E-state index contributed by atoms with van der Waals surface area (Å²) in [4.78, 5) is 11.9. The predicted molar refractivity (Wildman–Crippen MR) is 103 cm³/mol. The van der Waals surface area contributed by atoms with E-state index in [1.807, 2.05) is 37.3 Å². The molecule has 4 heteroatoms. The van der Waals surface area contributed by atoms with E-state index in [1.54, 1.807) is 0 Å². The van der Waals surface area contributed by atoms with E-state index in [9.17, 15) is 4.79 Å². The molecule has 0 amide bonds. The van der Waals surface area contributed by atoms with Crippen LogP contribution in [0.15, 0.2) is 30.3 Å². The lowest BCUT2D eigenvalue weighted by Gasteiger charge is -2.40. The predicted octanol–water partition coefficient (Wildman–Crippen LogP) is 4.60. The fraction of sp³-hybridized carbons (Fsp3) is 0.650. The molecule has 0 unspecified atom stereocenters. The number of ether oxygens (including phenoxy) is 1. The first-order chi connectivity index (χ1) is 11.1. The molecule has 0 saturated heterocycles. The topological polar surface area (TPSA) is 35.5 Å². The van der Waals surface area contributed by atoms with Gasteiger partial charge in [-0.1, -0.05) is 58.0 Å². The number of hydrogen-bond donors (Lipinski definition) is 0. The quantitative estimate of drug-likeness (QED) is 0.482. The van der Waals surface area contributed by atoms with Gasteiger partial charge in [0.25, 0.3) is 0 Å². The maximum atomic E-state index is 11.9. The van der Waals surface area contributed by atoms with Gasteiger partial charge in [0.2, 0.25) is 0 Å². The molecule has 0 spiro atoms. The normalized spacial score (nSPS) is 17.3. The van der Waals surface area contributed by atoms with E-state index in [4.69, 9.17) is 9.16 Å². The second kappa shape index (κ2) is 8.93. The summed E-state index contributed by atoms with van der Waals surface area (Å²) < 4.78 is 12.4. The molecule has 1 rings (SSSR count). The van der Waals surface area contributed by atoms with Crippen LogP contribution in [0.5, 0.6) is 0 Å². The highest BCUT2D eigenvalue weighted by Crippen LogP contribution is 2.33. The van der Waals surface area contributed by atoms with Crippen molar-refractivity contribution in [1.82, 2.24) is 0 Å². The molecule has 136 valence electrons. The molecular formula is C20H34O3Si. The molecule has 0 heterocycles. The smallest absolute Gasteiger partial charge is 0.172 e. The number of hydrogen-bond acceptors (Lipinski definition) is 3. The van der Waals surface area contributed by atoms with Crippen molar-refractivity contribution in [3.05, 3.63) is 35.9 Å². The SMILES string of the molecule is C[C@@H](CC(C)(C)C)[C@@H](OCc1ccccc1)[C@](C)(C=O)O[SiH](C)C. The van der Waals surface area contributed by atoms with Crippen LogP contribution in [0, 0.1) is 11.3 Å². The van der Waals surface area contributed by atoms with Gasteiger partial charge >= 0.3 is 0 Å². The highest BCUT2D eigenvalue weighted by atomic mass is 28.3. The molecule has 0 aliphatic rings. The Labute approximate surface area is 149 Å². The van der Waals surface area contributed by atoms with Gasteiger partial charge < -0.3 is 14.0 Å². The monoisotopic (exact) mass is 350 g/mol. The molecule has 0 aromatic heterocycles. The molecule has 1 aromatic carbocycles. The van der Waals surface area contributed by atoms with Crippen LogP contribution in [0.4, 0.5) is 0 Å². The maximum absolute atomic E-state index is 11.9. The fourth-order valence-corrected chi connectivity index (χ4v) is 4.60. The Morgan fingerprint density at radius 3 is 2.17 bits per heavy atom. The first kappa shape index (κ1) is 21.1. The van der Waals surface area contributed by atoms with E-state index in [0.29, 0.717) is 6.61 Å². The van der Waals surface area contributed by atoms with Gasteiger partial charge in [-0.15, -0.1) is 0 Å². The summed E-state index contributed by atoms with van der Waals surface area (Å²) in [6, 6.07) is 10.1. The molecule has 0 saturated carbocycles. The summed E-state index contributed by atoms with van der Waals surface area (Å²) in [6.45, 7) is 15.4. The van der Waals surface area contributed by atoms with Gasteiger partial charge in [-0.3, -0.25) is 0 Å². The van der Waals surface area contributed by atoms with Crippen molar-refractivity contribution in [3.63, 3.8) is 0 Å². The molecule has 1 aromatic rings. The van der Waals surface area contributed by atoms with Crippen LogP contribution in [0.1, 0.15) is 46.6 Å². The highest BCUT2D eigenvalue weighted by Gasteiger charge is 2.41. The van der Waals surface area contributed by atoms with E-state index >= 15 is 0 Å². The van der Waals surface area contributed by atoms with Gasteiger partial charge in [-0.05, 0) is 43.3 Å². The molecule has 0 N–H and O–H groups in total. The molecule has 0 aliphatic carbocycles. The zero-order valence-electron chi connectivity index (χ0n) is 16.3. The van der Waals surface area contributed by atoms with Crippen molar-refractivity contribution in [2.75, 3.05) is 0 Å². The van der Waals surface area contributed by atoms with Crippen molar-refractivity contribution in [2.45, 2.75) is 72.4 Å². The van der Waals surface area contributed by atoms with Crippen molar-refractivity contribution < 1.29 is 14.0 Å². The van der Waals surface area contributed by atoms with Crippen molar-refractivity contribution in [2.24, 2.45) is 11.3 Å². The molecule has 3 atom stereocenters. The first-order valence-corrected chi connectivity index (χ1v) is 11.6. The Balaban J connectivity index is 2.98. The van der Waals surface area contributed by atoms with Gasteiger partial charge in [-0.25, -0.2) is 0 Å². The zero-order chi connectivity index (χ0) is 18.4. The van der Waals surface area contributed by atoms with Crippen molar-refractivity contribution in [1.29, 1.82) is 0 Å². The first-order valence-electron chi connectivity index (χ1n) is 8.87. The summed E-state index contributed by atoms with van der Waals surface area (Å²) in [5, 5.41) is 0. The molecular weight excluding hydrogens is 316 g/mol. The zero-order valence-corrected chi connectivity index (χ0v) is 17.5. The molecule has 0 bridgehead atoms. The van der Waals surface area contributed by atoms with E-state index in [1.165, 1.54) is 0 Å². The summed E-state index contributed by atoms with van der Waals surface area (Å²) in [6.07, 6.45) is 1.65. The lowest BCUT2D eigenvalue weighted by atomic mass is 9.79. The van der Waals surface area contributed by atoms with Gasteiger partial charge in [0.1, 0.15) is 5.60 Å². The van der Waals surface area contributed by atoms with Gasteiger partial charge in [-0.2, -0.15) is 0 Å². The van der Waals surface area contributed by atoms with Crippen LogP contribution in [0.25, 0.3) is 0 Å². The van der Waals surface area contributed by atoms with E-state index in [0.717, 1.165) is 18.3 Å². The van der Waals surface area contributed by atoms with Crippen molar-refractivity contribution >= 4 is 15.3 Å². The fourth-order valence-electron chi connectivity index (χ4n) is 3.40. The average molecular weight is 351 g/mol. The average Bonchev–Trinajstić information content (AvgIpc) is 2.45. The van der Waals surface area contributed by atoms with Crippen LogP contribution in [0.2, 0.25) is 13.1 Å². The van der Waals surface area contributed by atoms with Crippen LogP contribution >= 0.6 is 0 Å². The molecule has 0 aliphatic heterocycles. The summed E-state index contributed by atoms with van der Waals surface area (Å²) in [5.74, 6) is 0.219. The molecule has 0 fully saturated rings. The van der Waals surface area contributed by atoms with Crippen LogP contribution in [0.3, 0.4) is 0 Å². The third kappa shape index (κ3) is 6.87. The van der Waals surface area contributed by atoms with Crippen LogP contribution < -0.4 is 0 Å². The summed E-state index contributed by atoms with van der Waals surface area (Å²) in [5.41, 5.74) is 0.396. The number of carbonyl (C=O) groups is 1. The van der Waals surface area contributed by atoms with Crippen LogP contribution in [-0.2, 0) is 20.6 Å². The largest absolute Gasteiger partial charge is 0.406 e. The van der Waals surface area contributed by atoms with Gasteiger partial charge in [0.05, 0.1) is 12.7 Å². The molecule has 3 nitrogen and oxygen atoms in total. The Kier molecular flexibility index (Phi) is 7.84. The summed E-state index contributed by atoms with van der Waals surface area (Å²) in [7, 11) is -1.37. The second-order valence-corrected chi connectivity index (χ2v) is 10.8. The lowest BCUT2D eigenvalue weighted by molar-refractivity contribution is -0.146. The summed E-state index contributed by atoms with van der Waals surface area (Å²) >= 11 is 0. The van der Waals surface area contributed by atoms with Gasteiger partial charge in [0.15, 0.2) is 15.3 Å². The van der Waals surface area contributed by atoms with E-state index in [-0.39, 0.29) is 17.4 Å². The minimum atomic E-state index is -1.37. The number of rotatable bonds is 9. The van der Waals surface area contributed by atoms with E-state index in [2.05, 4.69) is 40.8 Å². The second-order valence-electron chi connectivity index (χ2n) is 8.43. The molecule has 24 heavy (non-hydrogen) atoms. The highest BCUT2D eigenvalue weighted by molar-refractivity contribution is 6.48. The van der Waals surface area contributed by atoms with Crippen LogP contribution in [-0.4, -0.2) is 27.0 Å². The number of carbonyl (C=O) groups excluding carboxylic acids is 1. The number of benzene rings is 1. The Hall–Kier alpha value is -0.973. The third-order valence-corrected chi connectivity index (χ3v) is 4.99. The lowest BCUT2D eigenvalue weighted by Crippen LogP contribution is -2.51. The maximum Gasteiger partial charge on any atom is 0.172 e.